The molecule has 1 fully saturated rings. The van der Waals surface area contributed by atoms with Crippen molar-refractivity contribution in [1.82, 2.24) is 9.62 Å². The van der Waals surface area contributed by atoms with E-state index in [-0.39, 0.29) is 16.0 Å². The summed E-state index contributed by atoms with van der Waals surface area (Å²) in [6.07, 6.45) is 2.39. The number of rotatable bonds is 4. The van der Waals surface area contributed by atoms with Crippen molar-refractivity contribution in [2.45, 2.75) is 44.0 Å². The zero-order valence-corrected chi connectivity index (χ0v) is 19.5. The lowest BCUT2D eigenvalue weighted by molar-refractivity contribution is 0.312. The number of nitrogens with one attached hydrogen (secondary N) is 1. The second-order valence-electron chi connectivity index (χ2n) is 8.60. The van der Waals surface area contributed by atoms with Gasteiger partial charge in [-0.1, -0.05) is 29.8 Å². The molecular weight excluding hydrogens is 418 g/mol. The molecule has 1 saturated heterocycles. The molecule has 0 unspecified atom stereocenters. The number of nitrogens with zero attached hydrogens (tertiary/aromatic N) is 2. The summed E-state index contributed by atoms with van der Waals surface area (Å²) in [7, 11) is -1.52. The molecule has 2 aliphatic rings. The fraction of sp³-hybridized carbons (Fsp3) is 0.478. The highest BCUT2D eigenvalue weighted by Crippen LogP contribution is 2.34. The highest BCUT2D eigenvalue weighted by Gasteiger charge is 2.30. The third kappa shape index (κ3) is 4.24. The smallest absolute Gasteiger partial charge is 0.242 e. The summed E-state index contributed by atoms with van der Waals surface area (Å²) in [6.45, 7) is 8.03. The number of likely N-dealkylation sites (N-methyl/N-ethyl adjacent to an activating group) is 1. The van der Waals surface area contributed by atoms with Crippen LogP contribution in [0.4, 0.5) is 5.69 Å². The standard InChI is InChI=1S/C23H30ClN3O2S/c1-16-7-10-22(27-13-11-26(3)12-14-27)20-15-18(8-9-19(16)20)25-30(28,29)23-17(2)5-4-6-21(23)24/h4-7,10,18,25H,8-9,11-15H2,1-3H3/t18-/m1/s1. The van der Waals surface area contributed by atoms with Crippen LogP contribution in [0.25, 0.3) is 0 Å². The van der Waals surface area contributed by atoms with Crippen LogP contribution in [0.5, 0.6) is 0 Å². The predicted molar refractivity (Wildman–Crippen MR) is 123 cm³/mol. The van der Waals surface area contributed by atoms with E-state index in [1.807, 2.05) is 0 Å². The number of aryl methyl sites for hydroxylation is 2. The Labute approximate surface area is 185 Å². The van der Waals surface area contributed by atoms with Crippen LogP contribution in [0.3, 0.4) is 0 Å². The van der Waals surface area contributed by atoms with Crippen LogP contribution in [0.1, 0.15) is 28.7 Å². The van der Waals surface area contributed by atoms with Gasteiger partial charge in [-0.05, 0) is 74.5 Å². The first-order chi connectivity index (χ1) is 14.3. The van der Waals surface area contributed by atoms with E-state index in [2.05, 4.69) is 40.6 Å². The largest absolute Gasteiger partial charge is 0.369 e. The second kappa shape index (κ2) is 8.50. The molecule has 1 aliphatic carbocycles. The minimum atomic E-state index is -3.68. The Balaban J connectivity index is 1.61. The average molecular weight is 448 g/mol. The van der Waals surface area contributed by atoms with E-state index in [1.54, 1.807) is 25.1 Å². The lowest BCUT2D eigenvalue weighted by Crippen LogP contribution is -2.45. The first kappa shape index (κ1) is 21.6. The van der Waals surface area contributed by atoms with Gasteiger partial charge in [0.2, 0.25) is 10.0 Å². The first-order valence-corrected chi connectivity index (χ1v) is 12.4. The summed E-state index contributed by atoms with van der Waals surface area (Å²) < 4.78 is 29.2. The fourth-order valence-electron chi connectivity index (χ4n) is 4.72. The van der Waals surface area contributed by atoms with E-state index in [4.69, 9.17) is 11.6 Å². The number of sulfonamides is 1. The molecule has 30 heavy (non-hydrogen) atoms. The van der Waals surface area contributed by atoms with E-state index < -0.39 is 10.0 Å². The van der Waals surface area contributed by atoms with Gasteiger partial charge in [-0.15, -0.1) is 0 Å². The van der Waals surface area contributed by atoms with Gasteiger partial charge in [-0.25, -0.2) is 13.1 Å². The number of benzene rings is 2. The van der Waals surface area contributed by atoms with E-state index in [9.17, 15) is 8.42 Å². The molecule has 2 aromatic rings. The third-order valence-corrected chi connectivity index (χ3v) is 8.58. The topological polar surface area (TPSA) is 52.6 Å². The van der Waals surface area contributed by atoms with E-state index in [0.717, 1.165) is 39.0 Å². The van der Waals surface area contributed by atoms with Crippen molar-refractivity contribution < 1.29 is 8.42 Å². The van der Waals surface area contributed by atoms with Crippen LogP contribution in [0.15, 0.2) is 35.2 Å². The number of halogens is 1. The first-order valence-electron chi connectivity index (χ1n) is 10.6. The summed E-state index contributed by atoms with van der Waals surface area (Å²) >= 11 is 6.24. The molecule has 0 saturated carbocycles. The number of anilines is 1. The number of piperazine rings is 1. The molecule has 0 aromatic heterocycles. The lowest BCUT2D eigenvalue weighted by Gasteiger charge is -2.37. The molecule has 7 heteroatoms. The molecule has 0 bridgehead atoms. The van der Waals surface area contributed by atoms with E-state index >= 15 is 0 Å². The molecule has 0 spiro atoms. The molecule has 0 radical (unpaired) electrons. The summed E-state index contributed by atoms with van der Waals surface area (Å²) in [6, 6.07) is 9.49. The Hall–Kier alpha value is -1.60. The van der Waals surface area contributed by atoms with Gasteiger partial charge in [0.05, 0.1) is 5.02 Å². The normalized spacial score (nSPS) is 20.3. The van der Waals surface area contributed by atoms with Gasteiger partial charge in [0.15, 0.2) is 0 Å². The molecule has 4 rings (SSSR count). The molecule has 1 N–H and O–H groups in total. The quantitative estimate of drug-likeness (QED) is 0.778. The van der Waals surface area contributed by atoms with Crippen molar-refractivity contribution in [1.29, 1.82) is 0 Å². The minimum absolute atomic E-state index is 0.133. The van der Waals surface area contributed by atoms with Gasteiger partial charge < -0.3 is 9.80 Å². The highest BCUT2D eigenvalue weighted by atomic mass is 35.5. The van der Waals surface area contributed by atoms with Crippen molar-refractivity contribution in [3.05, 3.63) is 57.6 Å². The van der Waals surface area contributed by atoms with E-state index in [0.29, 0.717) is 12.0 Å². The van der Waals surface area contributed by atoms with Gasteiger partial charge in [0, 0.05) is 37.9 Å². The Kier molecular flexibility index (Phi) is 6.13. The van der Waals surface area contributed by atoms with Crippen LogP contribution in [-0.2, 0) is 22.9 Å². The molecule has 1 aliphatic heterocycles. The third-order valence-electron chi connectivity index (χ3n) is 6.43. The number of hydrogen-bond acceptors (Lipinski definition) is 4. The number of fused-ring (bicyclic) bond motifs is 1. The summed E-state index contributed by atoms with van der Waals surface area (Å²) in [4.78, 5) is 4.99. The molecule has 1 atom stereocenters. The van der Waals surface area contributed by atoms with Gasteiger partial charge in [0.1, 0.15) is 4.90 Å². The van der Waals surface area contributed by atoms with Crippen LogP contribution in [0, 0.1) is 13.8 Å². The maximum Gasteiger partial charge on any atom is 0.242 e. The van der Waals surface area contributed by atoms with Gasteiger partial charge >= 0.3 is 0 Å². The van der Waals surface area contributed by atoms with E-state index in [1.165, 1.54) is 22.4 Å². The molecule has 1 heterocycles. The van der Waals surface area contributed by atoms with Crippen LogP contribution in [0.2, 0.25) is 5.02 Å². The second-order valence-corrected chi connectivity index (χ2v) is 10.7. The summed E-state index contributed by atoms with van der Waals surface area (Å²) in [5.74, 6) is 0. The Morgan fingerprint density at radius 2 is 1.73 bits per heavy atom. The molecule has 5 nitrogen and oxygen atoms in total. The van der Waals surface area contributed by atoms with Crippen molar-refractivity contribution >= 4 is 27.3 Å². The fourth-order valence-corrected chi connectivity index (χ4v) is 6.82. The van der Waals surface area contributed by atoms with Crippen LogP contribution >= 0.6 is 11.6 Å². The van der Waals surface area contributed by atoms with Crippen LogP contribution in [-0.4, -0.2) is 52.6 Å². The van der Waals surface area contributed by atoms with Crippen molar-refractivity contribution in [2.75, 3.05) is 38.1 Å². The van der Waals surface area contributed by atoms with Crippen molar-refractivity contribution in [3.63, 3.8) is 0 Å². The summed E-state index contributed by atoms with van der Waals surface area (Å²) in [5.41, 5.74) is 5.91. The Bertz CT molecular complexity index is 1030. The molecule has 162 valence electrons. The van der Waals surface area contributed by atoms with Crippen molar-refractivity contribution in [3.8, 4) is 0 Å². The average Bonchev–Trinajstić information content (AvgIpc) is 2.68. The molecule has 0 amide bonds. The van der Waals surface area contributed by atoms with Gasteiger partial charge in [-0.3, -0.25) is 0 Å². The molecular formula is C23H30ClN3O2S. The minimum Gasteiger partial charge on any atom is -0.369 e. The SMILES string of the molecule is Cc1ccc(N2CCN(C)CC2)c2c1CC[C@@H](NS(=O)(=O)c1c(C)cccc1Cl)C2. The van der Waals surface area contributed by atoms with Crippen LogP contribution < -0.4 is 9.62 Å². The summed E-state index contributed by atoms with van der Waals surface area (Å²) in [5, 5.41) is 0.271. The predicted octanol–water partition coefficient (Wildman–Crippen LogP) is 3.54. The Morgan fingerprint density at radius 1 is 1.00 bits per heavy atom. The zero-order chi connectivity index (χ0) is 21.5. The zero-order valence-electron chi connectivity index (χ0n) is 17.9. The molecule has 2 aromatic carbocycles. The monoisotopic (exact) mass is 447 g/mol. The Morgan fingerprint density at radius 3 is 2.43 bits per heavy atom. The number of hydrogen-bond donors (Lipinski definition) is 1. The maximum atomic E-state index is 13.1. The van der Waals surface area contributed by atoms with Gasteiger partial charge in [0.25, 0.3) is 0 Å². The van der Waals surface area contributed by atoms with Crippen molar-refractivity contribution in [2.24, 2.45) is 0 Å². The maximum absolute atomic E-state index is 13.1. The lowest BCUT2D eigenvalue weighted by atomic mass is 9.84. The highest BCUT2D eigenvalue weighted by molar-refractivity contribution is 7.89. The van der Waals surface area contributed by atoms with Gasteiger partial charge in [-0.2, -0.15) is 0 Å².